The van der Waals surface area contributed by atoms with Gasteiger partial charge in [0.15, 0.2) is 0 Å². The van der Waals surface area contributed by atoms with Gasteiger partial charge >= 0.3 is 0 Å². The highest BCUT2D eigenvalue weighted by molar-refractivity contribution is 7.21. The third kappa shape index (κ3) is 3.59. The summed E-state index contributed by atoms with van der Waals surface area (Å²) in [6.07, 6.45) is 5.14. The number of nitrogens with one attached hydrogen (secondary N) is 1. The van der Waals surface area contributed by atoms with Crippen molar-refractivity contribution in [3.05, 3.63) is 76.8 Å². The van der Waals surface area contributed by atoms with Gasteiger partial charge in [0, 0.05) is 35.9 Å². The monoisotopic (exact) mass is 415 g/mol. The minimum Gasteiger partial charge on any atom is -0.354 e. The summed E-state index contributed by atoms with van der Waals surface area (Å²) in [6.45, 7) is 2.04. The molecule has 0 spiro atoms. The summed E-state index contributed by atoms with van der Waals surface area (Å²) in [4.78, 5) is 20.4. The number of carbonyl (C=O) groups is 1. The van der Waals surface area contributed by atoms with E-state index >= 15 is 0 Å². The number of amides is 1. The lowest BCUT2D eigenvalue weighted by molar-refractivity contribution is 0.0966. The highest BCUT2D eigenvalue weighted by Crippen LogP contribution is 2.34. The van der Waals surface area contributed by atoms with Crippen molar-refractivity contribution in [1.29, 1.82) is 0 Å². The van der Waals surface area contributed by atoms with E-state index in [0.717, 1.165) is 29.9 Å². The van der Waals surface area contributed by atoms with Gasteiger partial charge in [-0.2, -0.15) is 0 Å². The van der Waals surface area contributed by atoms with Crippen LogP contribution in [0.4, 0.5) is 0 Å². The first-order valence-electron chi connectivity index (χ1n) is 10.5. The third-order valence-electron chi connectivity index (χ3n) is 6.12. The number of hydrogen-bond donors (Lipinski definition) is 1. The van der Waals surface area contributed by atoms with Crippen LogP contribution in [0, 0.1) is 0 Å². The molecular formula is C25H25N3OS. The molecule has 1 atom stereocenters. The number of benzene rings is 2. The molecule has 2 aromatic carbocycles. The Labute approximate surface area is 180 Å². The van der Waals surface area contributed by atoms with Gasteiger partial charge in [-0.15, -0.1) is 11.3 Å². The van der Waals surface area contributed by atoms with Crippen molar-refractivity contribution in [3.8, 4) is 0 Å². The van der Waals surface area contributed by atoms with Crippen molar-refractivity contribution in [2.45, 2.75) is 31.8 Å². The standard InChI is InChI=1S/C25H25N3OS/c1-26-25(29)24-21(20-8-2-3-9-23(20)30-24)15-19-7-5-13-28(19)16-17-10-11-22-18(14-17)6-4-12-27-22/h2-4,6,8-12,14,19H,5,7,13,15-16H2,1H3,(H,26,29). The molecule has 1 aliphatic rings. The molecular weight excluding hydrogens is 390 g/mol. The molecule has 5 heteroatoms. The molecule has 4 nitrogen and oxygen atoms in total. The van der Waals surface area contributed by atoms with Crippen molar-refractivity contribution < 1.29 is 4.79 Å². The number of likely N-dealkylation sites (tertiary alicyclic amines) is 1. The quantitative estimate of drug-likeness (QED) is 0.498. The lowest BCUT2D eigenvalue weighted by Gasteiger charge is -2.25. The number of pyridine rings is 1. The second kappa shape index (κ2) is 8.17. The van der Waals surface area contributed by atoms with Gasteiger partial charge in [0.05, 0.1) is 10.4 Å². The minimum absolute atomic E-state index is 0.0257. The summed E-state index contributed by atoms with van der Waals surface area (Å²) in [5, 5.41) is 5.25. The second-order valence-electron chi connectivity index (χ2n) is 7.99. The first-order valence-corrected chi connectivity index (χ1v) is 11.3. The zero-order chi connectivity index (χ0) is 20.5. The van der Waals surface area contributed by atoms with Crippen molar-refractivity contribution >= 4 is 38.2 Å². The highest BCUT2D eigenvalue weighted by Gasteiger charge is 2.28. The Balaban J connectivity index is 1.42. The molecule has 2 aromatic heterocycles. The van der Waals surface area contributed by atoms with Crippen molar-refractivity contribution in [2.75, 3.05) is 13.6 Å². The molecule has 1 aliphatic heterocycles. The molecule has 1 N–H and O–H groups in total. The zero-order valence-corrected chi connectivity index (χ0v) is 17.9. The summed E-state index contributed by atoms with van der Waals surface area (Å²) >= 11 is 1.61. The Kier molecular flexibility index (Phi) is 5.23. The van der Waals surface area contributed by atoms with Crippen molar-refractivity contribution in [2.24, 2.45) is 0 Å². The fourth-order valence-corrected chi connectivity index (χ4v) is 5.81. The van der Waals surface area contributed by atoms with E-state index in [-0.39, 0.29) is 5.91 Å². The Morgan fingerprint density at radius 2 is 2.10 bits per heavy atom. The minimum atomic E-state index is 0.0257. The van der Waals surface area contributed by atoms with Crippen LogP contribution in [0.2, 0.25) is 0 Å². The lowest BCUT2D eigenvalue weighted by Crippen LogP contribution is -2.31. The van der Waals surface area contributed by atoms with Crippen molar-refractivity contribution in [1.82, 2.24) is 15.2 Å². The van der Waals surface area contributed by atoms with Crippen LogP contribution in [0.1, 0.15) is 33.6 Å². The Bertz CT molecular complexity index is 1220. The normalized spacial score (nSPS) is 17.0. The van der Waals surface area contributed by atoms with E-state index < -0.39 is 0 Å². The first-order chi connectivity index (χ1) is 14.7. The van der Waals surface area contributed by atoms with Gasteiger partial charge < -0.3 is 5.32 Å². The molecule has 1 amide bonds. The van der Waals surface area contributed by atoms with E-state index in [1.165, 1.54) is 39.4 Å². The molecule has 0 bridgehead atoms. The Morgan fingerprint density at radius 1 is 1.20 bits per heavy atom. The highest BCUT2D eigenvalue weighted by atomic mass is 32.1. The summed E-state index contributed by atoms with van der Waals surface area (Å²) in [5.41, 5.74) is 3.57. The number of fused-ring (bicyclic) bond motifs is 2. The van der Waals surface area contributed by atoms with Crippen LogP contribution >= 0.6 is 11.3 Å². The molecule has 1 unspecified atom stereocenters. The van der Waals surface area contributed by atoms with Crippen LogP contribution in [0.3, 0.4) is 0 Å². The molecule has 0 radical (unpaired) electrons. The van der Waals surface area contributed by atoms with Crippen molar-refractivity contribution in [3.63, 3.8) is 0 Å². The predicted molar refractivity (Wildman–Crippen MR) is 124 cm³/mol. The van der Waals surface area contributed by atoms with E-state index in [0.29, 0.717) is 6.04 Å². The number of thiophene rings is 1. The van der Waals surface area contributed by atoms with E-state index in [1.54, 1.807) is 18.4 Å². The van der Waals surface area contributed by atoms with Crippen LogP contribution in [0.25, 0.3) is 21.0 Å². The van der Waals surface area contributed by atoms with Crippen LogP contribution < -0.4 is 5.32 Å². The number of hydrogen-bond acceptors (Lipinski definition) is 4. The van der Waals surface area contributed by atoms with Gasteiger partial charge in [0.2, 0.25) is 0 Å². The molecule has 152 valence electrons. The molecule has 1 saturated heterocycles. The summed E-state index contributed by atoms with van der Waals surface area (Å²) in [5.74, 6) is 0.0257. The van der Waals surface area contributed by atoms with Crippen LogP contribution in [0.5, 0.6) is 0 Å². The Hall–Kier alpha value is -2.76. The number of carbonyl (C=O) groups excluding carboxylic acids is 1. The maximum absolute atomic E-state index is 12.6. The van der Waals surface area contributed by atoms with E-state index in [1.807, 2.05) is 18.3 Å². The van der Waals surface area contributed by atoms with Gasteiger partial charge in [0.25, 0.3) is 5.91 Å². The second-order valence-corrected chi connectivity index (χ2v) is 9.04. The summed E-state index contributed by atoms with van der Waals surface area (Å²) in [6, 6.07) is 19.5. The first kappa shape index (κ1) is 19.2. The third-order valence-corrected chi connectivity index (χ3v) is 7.34. The fraction of sp³-hybridized carbons (Fsp3) is 0.280. The van der Waals surface area contributed by atoms with Crippen LogP contribution in [-0.4, -0.2) is 35.4 Å². The predicted octanol–water partition coefficient (Wildman–Crippen LogP) is 5.02. The van der Waals surface area contributed by atoms with Gasteiger partial charge in [-0.25, -0.2) is 0 Å². The van der Waals surface area contributed by atoms with Crippen LogP contribution in [-0.2, 0) is 13.0 Å². The maximum Gasteiger partial charge on any atom is 0.261 e. The number of rotatable bonds is 5. The van der Waals surface area contributed by atoms with E-state index in [4.69, 9.17) is 0 Å². The lowest BCUT2D eigenvalue weighted by atomic mass is 10.00. The fourth-order valence-electron chi connectivity index (χ4n) is 4.63. The average molecular weight is 416 g/mol. The van der Waals surface area contributed by atoms with Gasteiger partial charge in [-0.1, -0.05) is 30.3 Å². The van der Waals surface area contributed by atoms with Gasteiger partial charge in [-0.05, 0) is 66.6 Å². The SMILES string of the molecule is CNC(=O)c1sc2ccccc2c1CC1CCCN1Cc1ccc2ncccc2c1. The van der Waals surface area contributed by atoms with E-state index in [2.05, 4.69) is 57.7 Å². The maximum atomic E-state index is 12.6. The van der Waals surface area contributed by atoms with Crippen LogP contribution in [0.15, 0.2) is 60.8 Å². The molecule has 3 heterocycles. The van der Waals surface area contributed by atoms with Gasteiger partial charge in [0.1, 0.15) is 0 Å². The Morgan fingerprint density at radius 3 is 3.00 bits per heavy atom. The largest absolute Gasteiger partial charge is 0.354 e. The summed E-state index contributed by atoms with van der Waals surface area (Å²) in [7, 11) is 1.72. The van der Waals surface area contributed by atoms with E-state index in [9.17, 15) is 4.79 Å². The molecule has 0 saturated carbocycles. The summed E-state index contributed by atoms with van der Waals surface area (Å²) < 4.78 is 1.19. The topological polar surface area (TPSA) is 45.2 Å². The molecule has 30 heavy (non-hydrogen) atoms. The molecule has 0 aliphatic carbocycles. The average Bonchev–Trinajstić information content (AvgIpc) is 3.38. The van der Waals surface area contributed by atoms with Gasteiger partial charge in [-0.3, -0.25) is 14.7 Å². The molecule has 4 aromatic rings. The molecule has 5 rings (SSSR count). The smallest absolute Gasteiger partial charge is 0.261 e. The number of aromatic nitrogens is 1. The zero-order valence-electron chi connectivity index (χ0n) is 17.1. The number of nitrogens with zero attached hydrogens (tertiary/aromatic N) is 2. The molecule has 1 fully saturated rings.